The maximum atomic E-state index is 12.7. The van der Waals surface area contributed by atoms with Gasteiger partial charge in [0, 0.05) is 31.0 Å². The minimum absolute atomic E-state index is 0.00190. The van der Waals surface area contributed by atoms with Crippen LogP contribution in [-0.4, -0.2) is 30.6 Å². The molecule has 7 nitrogen and oxygen atoms in total. The van der Waals surface area contributed by atoms with Crippen molar-refractivity contribution >= 4 is 17.3 Å². The van der Waals surface area contributed by atoms with E-state index in [2.05, 4.69) is 0 Å². The maximum Gasteiger partial charge on any atom is 0.271 e. The number of amides is 1. The molecule has 0 radical (unpaired) electrons. The highest BCUT2D eigenvalue weighted by Gasteiger charge is 2.33. The number of rotatable bonds is 6. The Labute approximate surface area is 175 Å². The van der Waals surface area contributed by atoms with Crippen molar-refractivity contribution in [3.63, 3.8) is 0 Å². The Bertz CT molecular complexity index is 968. The highest BCUT2D eigenvalue weighted by atomic mass is 16.6. The quantitative estimate of drug-likeness (QED) is 0.507. The van der Waals surface area contributed by atoms with E-state index in [4.69, 9.17) is 9.47 Å². The summed E-state index contributed by atoms with van der Waals surface area (Å²) in [7, 11) is 1.63. The summed E-state index contributed by atoms with van der Waals surface area (Å²) in [6.07, 6.45) is 5.04. The normalized spacial score (nSPS) is 19.3. The van der Waals surface area contributed by atoms with Gasteiger partial charge in [-0.25, -0.2) is 0 Å². The van der Waals surface area contributed by atoms with Crippen LogP contribution in [0.2, 0.25) is 0 Å². The van der Waals surface area contributed by atoms with E-state index in [0.29, 0.717) is 24.4 Å². The second-order valence-corrected chi connectivity index (χ2v) is 8.12. The van der Waals surface area contributed by atoms with Gasteiger partial charge in [0.2, 0.25) is 5.91 Å². The van der Waals surface area contributed by atoms with E-state index in [0.717, 1.165) is 29.7 Å². The van der Waals surface area contributed by atoms with Crippen LogP contribution in [0.15, 0.2) is 36.4 Å². The Morgan fingerprint density at radius 3 is 2.57 bits per heavy atom. The molecule has 1 saturated heterocycles. The summed E-state index contributed by atoms with van der Waals surface area (Å²) in [5, 5.41) is 11.2. The van der Waals surface area contributed by atoms with Crippen LogP contribution in [0.25, 0.3) is 0 Å². The average Bonchev–Trinajstić information content (AvgIpc) is 3.37. The summed E-state index contributed by atoms with van der Waals surface area (Å²) in [6.45, 7) is 2.28. The number of nitro benzene ring substituents is 1. The molecule has 0 bridgehead atoms. The number of aryl methyl sites for hydroxylation is 1. The second-order valence-electron chi connectivity index (χ2n) is 8.12. The Kier molecular flexibility index (Phi) is 5.61. The molecule has 7 heteroatoms. The number of benzene rings is 2. The van der Waals surface area contributed by atoms with Gasteiger partial charge in [0.05, 0.1) is 23.8 Å². The first kappa shape index (κ1) is 20.2. The summed E-state index contributed by atoms with van der Waals surface area (Å²) < 4.78 is 11.7. The third-order valence-electron chi connectivity index (χ3n) is 5.95. The molecule has 1 aliphatic carbocycles. The third-order valence-corrected chi connectivity index (χ3v) is 5.95. The molecule has 0 aromatic heterocycles. The summed E-state index contributed by atoms with van der Waals surface area (Å²) in [5.74, 6) is 1.38. The van der Waals surface area contributed by atoms with Gasteiger partial charge in [-0.1, -0.05) is 6.07 Å². The molecule has 1 saturated carbocycles. The highest BCUT2D eigenvalue weighted by molar-refractivity contribution is 5.97. The number of anilines is 1. The number of nitro groups is 1. The second kappa shape index (κ2) is 8.34. The lowest BCUT2D eigenvalue weighted by Gasteiger charge is -2.19. The molecule has 2 aromatic rings. The molecule has 1 atom stereocenters. The number of ether oxygens (including phenoxy) is 2. The standard InChI is InChI=1S/C23H26N2O5/c1-15-9-18(13-19(10-15)25(27)28)24-14-17(12-23(24)26)16-7-8-21(29-2)22(11-16)30-20-5-3-4-6-20/h7-11,13,17,20H,3-6,12,14H2,1-2H3/t17-/m0/s1. The fraction of sp³-hybridized carbons (Fsp3) is 0.435. The van der Waals surface area contributed by atoms with Crippen molar-refractivity contribution in [2.24, 2.45) is 0 Å². The van der Waals surface area contributed by atoms with Crippen LogP contribution in [0, 0.1) is 17.0 Å². The van der Waals surface area contributed by atoms with Gasteiger partial charge in [0.25, 0.3) is 5.69 Å². The minimum atomic E-state index is -0.426. The van der Waals surface area contributed by atoms with E-state index < -0.39 is 4.92 Å². The number of nitrogens with zero attached hydrogens (tertiary/aromatic N) is 2. The van der Waals surface area contributed by atoms with Crippen LogP contribution in [0.4, 0.5) is 11.4 Å². The summed E-state index contributed by atoms with van der Waals surface area (Å²) in [4.78, 5) is 25.2. The first-order valence-electron chi connectivity index (χ1n) is 10.4. The van der Waals surface area contributed by atoms with Crippen molar-refractivity contribution in [3.8, 4) is 11.5 Å². The van der Waals surface area contributed by atoms with Gasteiger partial charge in [-0.2, -0.15) is 0 Å². The molecule has 2 aromatic carbocycles. The van der Waals surface area contributed by atoms with Crippen LogP contribution in [0.5, 0.6) is 11.5 Å². The molecule has 1 heterocycles. The Morgan fingerprint density at radius 2 is 1.87 bits per heavy atom. The minimum Gasteiger partial charge on any atom is -0.493 e. The largest absolute Gasteiger partial charge is 0.493 e. The molecule has 2 aliphatic rings. The highest BCUT2D eigenvalue weighted by Crippen LogP contribution is 2.38. The number of non-ortho nitro benzene ring substituents is 1. The predicted molar refractivity (Wildman–Crippen MR) is 113 cm³/mol. The van der Waals surface area contributed by atoms with Gasteiger partial charge < -0.3 is 14.4 Å². The van der Waals surface area contributed by atoms with Crippen molar-refractivity contribution in [2.45, 2.75) is 51.0 Å². The van der Waals surface area contributed by atoms with Gasteiger partial charge in [-0.3, -0.25) is 14.9 Å². The number of carbonyl (C=O) groups excluding carboxylic acids is 1. The van der Waals surface area contributed by atoms with E-state index >= 15 is 0 Å². The predicted octanol–water partition coefficient (Wildman–Crippen LogP) is 4.75. The zero-order valence-electron chi connectivity index (χ0n) is 17.3. The number of hydrogen-bond acceptors (Lipinski definition) is 5. The lowest BCUT2D eigenvalue weighted by Crippen LogP contribution is -2.24. The zero-order chi connectivity index (χ0) is 21.3. The van der Waals surface area contributed by atoms with Crippen LogP contribution < -0.4 is 14.4 Å². The molecule has 1 amide bonds. The van der Waals surface area contributed by atoms with E-state index in [1.807, 2.05) is 24.3 Å². The summed E-state index contributed by atoms with van der Waals surface area (Å²) in [6, 6.07) is 10.6. The fourth-order valence-electron chi connectivity index (χ4n) is 4.41. The molecule has 0 unspecified atom stereocenters. The smallest absolute Gasteiger partial charge is 0.271 e. The van der Waals surface area contributed by atoms with E-state index in [1.54, 1.807) is 18.9 Å². The lowest BCUT2D eigenvalue weighted by atomic mass is 9.98. The van der Waals surface area contributed by atoms with Crippen LogP contribution in [0.1, 0.15) is 49.1 Å². The first-order chi connectivity index (χ1) is 14.4. The maximum absolute atomic E-state index is 12.7. The molecule has 0 spiro atoms. The Balaban J connectivity index is 1.57. The summed E-state index contributed by atoms with van der Waals surface area (Å²) in [5.41, 5.74) is 2.34. The number of methoxy groups -OCH3 is 1. The van der Waals surface area contributed by atoms with Crippen molar-refractivity contribution in [1.29, 1.82) is 0 Å². The number of carbonyl (C=O) groups is 1. The zero-order valence-corrected chi connectivity index (χ0v) is 17.3. The molecule has 1 aliphatic heterocycles. The molecule has 30 heavy (non-hydrogen) atoms. The lowest BCUT2D eigenvalue weighted by molar-refractivity contribution is -0.384. The van der Waals surface area contributed by atoms with Crippen molar-refractivity contribution in [1.82, 2.24) is 0 Å². The van der Waals surface area contributed by atoms with E-state index in [9.17, 15) is 14.9 Å². The van der Waals surface area contributed by atoms with Gasteiger partial charge in [0.15, 0.2) is 11.5 Å². The van der Waals surface area contributed by atoms with Crippen LogP contribution in [0.3, 0.4) is 0 Å². The van der Waals surface area contributed by atoms with E-state index in [-0.39, 0.29) is 23.6 Å². The Morgan fingerprint density at radius 1 is 1.10 bits per heavy atom. The van der Waals surface area contributed by atoms with Crippen LogP contribution >= 0.6 is 0 Å². The van der Waals surface area contributed by atoms with Crippen molar-refractivity contribution in [3.05, 3.63) is 57.6 Å². The molecular formula is C23H26N2O5. The molecular weight excluding hydrogens is 384 g/mol. The monoisotopic (exact) mass is 410 g/mol. The molecule has 2 fully saturated rings. The van der Waals surface area contributed by atoms with Gasteiger partial charge in [-0.05, 0) is 61.9 Å². The topological polar surface area (TPSA) is 81.9 Å². The van der Waals surface area contributed by atoms with E-state index in [1.165, 1.54) is 25.0 Å². The van der Waals surface area contributed by atoms with Gasteiger partial charge in [-0.15, -0.1) is 0 Å². The van der Waals surface area contributed by atoms with Gasteiger partial charge in [0.1, 0.15) is 0 Å². The Hall–Kier alpha value is -3.09. The third kappa shape index (κ3) is 4.10. The first-order valence-corrected chi connectivity index (χ1v) is 10.4. The SMILES string of the molecule is COc1ccc([C@H]2CC(=O)N(c3cc(C)cc([N+](=O)[O-])c3)C2)cc1OC1CCCC1. The molecule has 4 rings (SSSR count). The van der Waals surface area contributed by atoms with Gasteiger partial charge >= 0.3 is 0 Å². The molecule has 0 N–H and O–H groups in total. The number of hydrogen-bond donors (Lipinski definition) is 0. The van der Waals surface area contributed by atoms with Crippen molar-refractivity contribution < 1.29 is 19.2 Å². The molecule has 158 valence electrons. The fourth-order valence-corrected chi connectivity index (χ4v) is 4.41. The average molecular weight is 410 g/mol. The summed E-state index contributed by atoms with van der Waals surface area (Å²) >= 11 is 0. The van der Waals surface area contributed by atoms with Crippen molar-refractivity contribution in [2.75, 3.05) is 18.6 Å². The van der Waals surface area contributed by atoms with Crippen LogP contribution in [-0.2, 0) is 4.79 Å².